The molecular formula is C22H34O13. The highest BCUT2D eigenvalue weighted by atomic mass is 16.7. The van der Waals surface area contributed by atoms with Crippen molar-refractivity contribution in [3.05, 3.63) is 0 Å². The topological polar surface area (TPSA) is 178 Å². The number of hydrogen-bond acceptors (Lipinski definition) is 12. The Bertz CT molecular complexity index is 684. The third-order valence-electron chi connectivity index (χ3n) is 3.92. The van der Waals surface area contributed by atoms with Gasteiger partial charge in [-0.3, -0.25) is 14.4 Å². The maximum Gasteiger partial charge on any atom is 0.508 e. The highest BCUT2D eigenvalue weighted by Crippen LogP contribution is 2.17. The summed E-state index contributed by atoms with van der Waals surface area (Å²) in [5.74, 6) is -2.59. The second-order valence-corrected chi connectivity index (χ2v) is 8.56. The molecule has 0 aromatic carbocycles. The summed E-state index contributed by atoms with van der Waals surface area (Å²) >= 11 is 0. The Hall–Kier alpha value is -3.38. The Kier molecular flexibility index (Phi) is 14.7. The van der Waals surface area contributed by atoms with Crippen LogP contribution < -0.4 is 0 Å². The lowest BCUT2D eigenvalue weighted by atomic mass is 9.96. The van der Waals surface area contributed by atoms with Crippen LogP contribution in [0.1, 0.15) is 60.3 Å². The number of aliphatic carboxylic acids is 1. The molecule has 0 aromatic rings. The molecule has 200 valence electrons. The standard InChI is InChI=1S/C22H34O13/c1-14(23)6-8-18(26)34-15(2)10-30-20(28)32-12-22(4,5)13-33-21(29)31-11-16(3)35-19(27)9-7-17(24)25/h15-16H,6-13H2,1-5H3,(H,24,25). The third kappa shape index (κ3) is 18.7. The van der Waals surface area contributed by atoms with Crippen LogP contribution in [0, 0.1) is 5.41 Å². The first kappa shape index (κ1) is 31.6. The van der Waals surface area contributed by atoms with Crippen molar-refractivity contribution in [1.29, 1.82) is 0 Å². The summed E-state index contributed by atoms with van der Waals surface area (Å²) in [5, 5.41) is 8.52. The van der Waals surface area contributed by atoms with Gasteiger partial charge in [0, 0.05) is 11.8 Å². The number of rotatable bonds is 16. The largest absolute Gasteiger partial charge is 0.508 e. The second kappa shape index (κ2) is 16.3. The van der Waals surface area contributed by atoms with Crippen LogP contribution >= 0.6 is 0 Å². The van der Waals surface area contributed by atoms with E-state index in [9.17, 15) is 28.8 Å². The average Bonchev–Trinajstić information content (AvgIpc) is 2.76. The number of ketones is 1. The summed E-state index contributed by atoms with van der Waals surface area (Å²) in [6.07, 6.45) is -4.23. The molecule has 2 unspecified atom stereocenters. The van der Waals surface area contributed by atoms with E-state index in [4.69, 9.17) is 33.5 Å². The van der Waals surface area contributed by atoms with E-state index >= 15 is 0 Å². The number of esters is 2. The van der Waals surface area contributed by atoms with Crippen LogP contribution in [-0.2, 0) is 47.6 Å². The fourth-order valence-corrected chi connectivity index (χ4v) is 2.13. The summed E-state index contributed by atoms with van der Waals surface area (Å²) in [7, 11) is 0. The van der Waals surface area contributed by atoms with Gasteiger partial charge in [-0.25, -0.2) is 9.59 Å². The fourth-order valence-electron chi connectivity index (χ4n) is 2.13. The van der Waals surface area contributed by atoms with Gasteiger partial charge in [0.2, 0.25) is 0 Å². The maximum atomic E-state index is 11.7. The van der Waals surface area contributed by atoms with Gasteiger partial charge in [-0.1, -0.05) is 13.8 Å². The van der Waals surface area contributed by atoms with Gasteiger partial charge in [-0.15, -0.1) is 0 Å². The minimum atomic E-state index is -1.13. The zero-order valence-corrected chi connectivity index (χ0v) is 20.7. The summed E-state index contributed by atoms with van der Waals surface area (Å²) in [4.78, 5) is 67.7. The molecule has 0 aliphatic carbocycles. The van der Waals surface area contributed by atoms with E-state index in [2.05, 4.69) is 0 Å². The van der Waals surface area contributed by atoms with Gasteiger partial charge in [0.1, 0.15) is 44.4 Å². The number of carbonyl (C=O) groups excluding carboxylic acids is 5. The van der Waals surface area contributed by atoms with E-state index < -0.39 is 47.8 Å². The molecule has 1 N–H and O–H groups in total. The van der Waals surface area contributed by atoms with Crippen molar-refractivity contribution in [3.63, 3.8) is 0 Å². The van der Waals surface area contributed by atoms with Crippen molar-refractivity contribution in [2.45, 2.75) is 72.5 Å². The van der Waals surface area contributed by atoms with Crippen molar-refractivity contribution in [3.8, 4) is 0 Å². The van der Waals surface area contributed by atoms with Gasteiger partial charge >= 0.3 is 30.2 Å². The number of hydrogen-bond donors (Lipinski definition) is 1. The van der Waals surface area contributed by atoms with Crippen LogP contribution in [0.2, 0.25) is 0 Å². The Labute approximate surface area is 203 Å². The molecule has 0 bridgehead atoms. The summed E-state index contributed by atoms with van der Waals surface area (Å²) in [6, 6.07) is 0. The van der Waals surface area contributed by atoms with E-state index in [1.165, 1.54) is 20.8 Å². The lowest BCUT2D eigenvalue weighted by molar-refractivity contribution is -0.153. The van der Waals surface area contributed by atoms with Crippen LogP contribution in [0.25, 0.3) is 0 Å². The van der Waals surface area contributed by atoms with E-state index in [-0.39, 0.29) is 57.9 Å². The number of ether oxygens (including phenoxy) is 6. The van der Waals surface area contributed by atoms with Gasteiger partial charge in [-0.2, -0.15) is 0 Å². The zero-order valence-electron chi connectivity index (χ0n) is 20.7. The van der Waals surface area contributed by atoms with Gasteiger partial charge < -0.3 is 38.3 Å². The lowest BCUT2D eigenvalue weighted by Crippen LogP contribution is -2.30. The molecule has 0 radical (unpaired) electrons. The van der Waals surface area contributed by atoms with Crippen molar-refractivity contribution in [2.24, 2.45) is 5.41 Å². The molecule has 0 aliphatic heterocycles. The molecule has 13 heteroatoms. The molecule has 0 fully saturated rings. The molecule has 2 atom stereocenters. The first-order chi connectivity index (χ1) is 16.2. The minimum absolute atomic E-state index is 0.0579. The molecular weight excluding hydrogens is 472 g/mol. The number of Topliss-reactive ketones (excluding diaryl/α,β-unsaturated/α-hetero) is 1. The summed E-state index contributed by atoms with van der Waals surface area (Å²) in [6.45, 7) is 6.77. The zero-order chi connectivity index (χ0) is 27.0. The van der Waals surface area contributed by atoms with E-state index in [0.29, 0.717) is 0 Å². The molecule has 0 heterocycles. The highest BCUT2D eigenvalue weighted by molar-refractivity contribution is 5.81. The number of carboxylic acid groups (broad SMARTS) is 1. The van der Waals surface area contributed by atoms with Gasteiger partial charge in [0.05, 0.1) is 19.3 Å². The van der Waals surface area contributed by atoms with Crippen LogP contribution in [0.3, 0.4) is 0 Å². The van der Waals surface area contributed by atoms with Crippen molar-refractivity contribution in [2.75, 3.05) is 26.4 Å². The molecule has 0 aromatic heterocycles. The predicted octanol–water partition coefficient (Wildman–Crippen LogP) is 2.42. The van der Waals surface area contributed by atoms with Gasteiger partial charge in [0.25, 0.3) is 0 Å². The molecule has 35 heavy (non-hydrogen) atoms. The summed E-state index contributed by atoms with van der Waals surface area (Å²) in [5.41, 5.74) is -0.794. The lowest BCUT2D eigenvalue weighted by Gasteiger charge is -2.23. The first-order valence-electron chi connectivity index (χ1n) is 10.9. The van der Waals surface area contributed by atoms with E-state index in [0.717, 1.165) is 0 Å². The van der Waals surface area contributed by atoms with Gasteiger partial charge in [-0.05, 0) is 20.8 Å². The van der Waals surface area contributed by atoms with Crippen LogP contribution in [-0.4, -0.2) is 79.7 Å². The molecule has 0 saturated carbocycles. The van der Waals surface area contributed by atoms with Crippen molar-refractivity contribution in [1.82, 2.24) is 0 Å². The van der Waals surface area contributed by atoms with Gasteiger partial charge in [0.15, 0.2) is 0 Å². The Morgan fingerprint density at radius 1 is 0.686 bits per heavy atom. The monoisotopic (exact) mass is 506 g/mol. The van der Waals surface area contributed by atoms with Crippen molar-refractivity contribution >= 4 is 36.0 Å². The van der Waals surface area contributed by atoms with Crippen LogP contribution in [0.5, 0.6) is 0 Å². The molecule has 0 amide bonds. The Balaban J connectivity index is 4.12. The second-order valence-electron chi connectivity index (χ2n) is 8.56. The quantitative estimate of drug-likeness (QED) is 0.238. The SMILES string of the molecule is CC(=O)CCC(=O)OC(C)COC(=O)OCC(C)(C)COC(=O)OCC(C)OC(=O)CCC(=O)O. The van der Waals surface area contributed by atoms with E-state index in [1.54, 1.807) is 13.8 Å². The molecule has 13 nitrogen and oxygen atoms in total. The van der Waals surface area contributed by atoms with E-state index in [1.807, 2.05) is 0 Å². The predicted molar refractivity (Wildman–Crippen MR) is 116 cm³/mol. The van der Waals surface area contributed by atoms with Crippen LogP contribution in [0.15, 0.2) is 0 Å². The van der Waals surface area contributed by atoms with Crippen LogP contribution in [0.4, 0.5) is 9.59 Å². The smallest absolute Gasteiger partial charge is 0.481 e. The average molecular weight is 507 g/mol. The van der Waals surface area contributed by atoms with Crippen molar-refractivity contribution < 1.29 is 62.3 Å². The Morgan fingerprint density at radius 3 is 1.46 bits per heavy atom. The number of carboxylic acids is 1. The maximum absolute atomic E-state index is 11.7. The first-order valence-corrected chi connectivity index (χ1v) is 10.9. The minimum Gasteiger partial charge on any atom is -0.481 e. The fraction of sp³-hybridized carbons (Fsp3) is 0.727. The normalized spacial score (nSPS) is 12.5. The number of carbonyl (C=O) groups is 6. The molecule has 0 saturated heterocycles. The highest BCUT2D eigenvalue weighted by Gasteiger charge is 2.25. The Morgan fingerprint density at radius 2 is 1.09 bits per heavy atom. The molecule has 0 spiro atoms. The molecule has 0 rings (SSSR count). The third-order valence-corrected chi connectivity index (χ3v) is 3.92. The molecule has 0 aliphatic rings. The summed E-state index contributed by atoms with van der Waals surface area (Å²) < 4.78 is 29.5.